The molecule has 3 aliphatic rings. The van der Waals surface area contributed by atoms with Crippen LogP contribution in [0.3, 0.4) is 0 Å². The summed E-state index contributed by atoms with van der Waals surface area (Å²) in [5.41, 5.74) is 4.96. The third-order valence-corrected chi connectivity index (χ3v) is 7.49. The molecule has 1 heterocycles. The summed E-state index contributed by atoms with van der Waals surface area (Å²) in [6, 6.07) is 6.82. The number of nitrogens with zero attached hydrogens (tertiary/aromatic N) is 2. The summed E-state index contributed by atoms with van der Waals surface area (Å²) in [5.74, 6) is -0.0907. The monoisotopic (exact) mass is 381 g/mol. The molecule has 1 aliphatic heterocycles. The van der Waals surface area contributed by atoms with Gasteiger partial charge in [-0.1, -0.05) is 32.9 Å². The van der Waals surface area contributed by atoms with Gasteiger partial charge in [0.15, 0.2) is 0 Å². The van der Waals surface area contributed by atoms with Gasteiger partial charge in [-0.05, 0) is 49.1 Å². The van der Waals surface area contributed by atoms with E-state index in [1.54, 1.807) is 24.3 Å². The van der Waals surface area contributed by atoms with Crippen molar-refractivity contribution >= 4 is 23.4 Å². The number of hydrazone groups is 1. The molecule has 28 heavy (non-hydrogen) atoms. The number of nitrogens with one attached hydrogen (secondary N) is 1. The molecule has 0 aromatic heterocycles. The maximum Gasteiger partial charge on any atom is 0.261 e. The van der Waals surface area contributed by atoms with Crippen molar-refractivity contribution in [1.82, 2.24) is 10.3 Å². The molecule has 148 valence electrons. The number of imide groups is 1. The summed E-state index contributed by atoms with van der Waals surface area (Å²) in [6.45, 7) is 7.10. The van der Waals surface area contributed by atoms with Gasteiger partial charge in [0.1, 0.15) is 0 Å². The van der Waals surface area contributed by atoms with E-state index in [4.69, 9.17) is 0 Å². The maximum absolute atomic E-state index is 12.3. The van der Waals surface area contributed by atoms with Crippen LogP contribution in [0.4, 0.5) is 0 Å². The highest BCUT2D eigenvalue weighted by molar-refractivity contribution is 6.21. The second-order valence-corrected chi connectivity index (χ2v) is 9.00. The van der Waals surface area contributed by atoms with Crippen molar-refractivity contribution in [2.24, 2.45) is 21.8 Å². The molecule has 2 atom stereocenters. The minimum absolute atomic E-state index is 0.0606. The van der Waals surface area contributed by atoms with Gasteiger partial charge in [0, 0.05) is 24.1 Å². The Bertz CT molecular complexity index is 854. The predicted molar refractivity (Wildman–Crippen MR) is 106 cm³/mol. The van der Waals surface area contributed by atoms with E-state index in [9.17, 15) is 14.4 Å². The number of hydrogen-bond acceptors (Lipinski definition) is 4. The van der Waals surface area contributed by atoms with Crippen molar-refractivity contribution in [1.29, 1.82) is 0 Å². The van der Waals surface area contributed by atoms with Gasteiger partial charge >= 0.3 is 0 Å². The first kappa shape index (κ1) is 18.8. The molecular formula is C22H27N3O3. The lowest BCUT2D eigenvalue weighted by Crippen LogP contribution is -2.34. The number of rotatable bonds is 5. The largest absolute Gasteiger partial charge is 0.274 e. The van der Waals surface area contributed by atoms with E-state index in [2.05, 4.69) is 31.3 Å². The molecule has 2 saturated carbocycles. The second kappa shape index (κ2) is 6.54. The Hall–Kier alpha value is -2.50. The normalized spacial score (nSPS) is 28.9. The third kappa shape index (κ3) is 2.69. The maximum atomic E-state index is 12.3. The van der Waals surface area contributed by atoms with Crippen molar-refractivity contribution in [3.63, 3.8) is 0 Å². The second-order valence-electron chi connectivity index (χ2n) is 9.00. The number of benzene rings is 1. The molecule has 0 radical (unpaired) electrons. The van der Waals surface area contributed by atoms with Crippen LogP contribution in [-0.4, -0.2) is 34.9 Å². The fourth-order valence-electron chi connectivity index (χ4n) is 5.12. The Morgan fingerprint density at radius 3 is 2.36 bits per heavy atom. The molecule has 0 unspecified atom stereocenters. The van der Waals surface area contributed by atoms with Crippen LogP contribution < -0.4 is 5.43 Å². The van der Waals surface area contributed by atoms with Crippen LogP contribution in [0.2, 0.25) is 0 Å². The van der Waals surface area contributed by atoms with E-state index in [0.29, 0.717) is 23.5 Å². The van der Waals surface area contributed by atoms with Crippen LogP contribution in [0, 0.1) is 16.7 Å². The summed E-state index contributed by atoms with van der Waals surface area (Å²) in [6.07, 6.45) is 3.97. The van der Waals surface area contributed by atoms with Gasteiger partial charge in [-0.3, -0.25) is 19.3 Å². The third-order valence-electron chi connectivity index (χ3n) is 7.49. The van der Waals surface area contributed by atoms with Crippen molar-refractivity contribution in [2.45, 2.75) is 52.9 Å². The first-order valence-electron chi connectivity index (χ1n) is 10.1. The van der Waals surface area contributed by atoms with Crippen LogP contribution in [0.15, 0.2) is 29.4 Å². The van der Waals surface area contributed by atoms with Gasteiger partial charge in [-0.15, -0.1) is 0 Å². The Labute approximate surface area is 165 Å². The van der Waals surface area contributed by atoms with Gasteiger partial charge in [0.25, 0.3) is 11.8 Å². The lowest BCUT2D eigenvalue weighted by Gasteiger charge is -2.34. The standard InChI is InChI=1S/C22H27N3O3/c1-21(2)14-10-11-22(21,3)17(13-14)23-24-18(26)9-6-12-25-19(27)15-7-4-5-8-16(15)20(25)28/h4-5,7-8,14H,6,9-13H2,1-3H3,(H,24,26)/b23-17+/t14-,22-/m0/s1. The fourth-order valence-corrected chi connectivity index (χ4v) is 5.12. The van der Waals surface area contributed by atoms with Gasteiger partial charge < -0.3 is 0 Å². The number of amides is 3. The van der Waals surface area contributed by atoms with E-state index in [-0.39, 0.29) is 41.5 Å². The van der Waals surface area contributed by atoms with Crippen molar-refractivity contribution in [2.75, 3.05) is 6.54 Å². The Kier molecular flexibility index (Phi) is 4.40. The van der Waals surface area contributed by atoms with Crippen molar-refractivity contribution in [3.05, 3.63) is 35.4 Å². The molecule has 6 heteroatoms. The highest BCUT2D eigenvalue weighted by atomic mass is 16.2. The summed E-state index contributed by atoms with van der Waals surface area (Å²) in [5, 5.41) is 4.46. The van der Waals surface area contributed by atoms with Crippen molar-refractivity contribution < 1.29 is 14.4 Å². The quantitative estimate of drug-likeness (QED) is 0.627. The molecule has 4 rings (SSSR count). The highest BCUT2D eigenvalue weighted by Gasteiger charge is 2.60. The van der Waals surface area contributed by atoms with Crippen LogP contribution >= 0.6 is 0 Å². The van der Waals surface area contributed by atoms with E-state index < -0.39 is 0 Å². The molecule has 1 aromatic carbocycles. The summed E-state index contributed by atoms with van der Waals surface area (Å²) >= 11 is 0. The van der Waals surface area contributed by atoms with E-state index in [1.165, 1.54) is 11.3 Å². The van der Waals surface area contributed by atoms with Crippen LogP contribution in [0.5, 0.6) is 0 Å². The average Bonchev–Trinajstić information content (AvgIpc) is 3.13. The van der Waals surface area contributed by atoms with E-state index >= 15 is 0 Å². The number of fused-ring (bicyclic) bond motifs is 3. The first-order chi connectivity index (χ1) is 13.3. The molecule has 0 spiro atoms. The zero-order valence-electron chi connectivity index (χ0n) is 16.7. The minimum Gasteiger partial charge on any atom is -0.274 e. The summed E-state index contributed by atoms with van der Waals surface area (Å²) < 4.78 is 0. The highest BCUT2D eigenvalue weighted by Crippen LogP contribution is 2.63. The smallest absolute Gasteiger partial charge is 0.261 e. The van der Waals surface area contributed by atoms with Crippen LogP contribution in [0.25, 0.3) is 0 Å². The summed E-state index contributed by atoms with van der Waals surface area (Å²) in [4.78, 5) is 38.1. The molecule has 2 fully saturated rings. The van der Waals surface area contributed by atoms with E-state index in [1.807, 2.05) is 0 Å². The van der Waals surface area contributed by atoms with Gasteiger partial charge in [0.05, 0.1) is 11.1 Å². The molecule has 2 bridgehead atoms. The fraction of sp³-hybridized carbons (Fsp3) is 0.545. The minimum atomic E-state index is -0.279. The van der Waals surface area contributed by atoms with Crippen LogP contribution in [-0.2, 0) is 4.79 Å². The van der Waals surface area contributed by atoms with Gasteiger partial charge in [0.2, 0.25) is 5.91 Å². The number of carbonyl (C=O) groups excluding carboxylic acids is 3. The Morgan fingerprint density at radius 2 is 1.82 bits per heavy atom. The molecule has 1 aromatic rings. The molecule has 3 amide bonds. The molecule has 0 saturated heterocycles. The number of hydrogen-bond donors (Lipinski definition) is 1. The Balaban J connectivity index is 1.30. The molecule has 6 nitrogen and oxygen atoms in total. The lowest BCUT2D eigenvalue weighted by atomic mass is 9.70. The zero-order chi connectivity index (χ0) is 20.1. The summed E-state index contributed by atoms with van der Waals surface area (Å²) in [7, 11) is 0. The average molecular weight is 381 g/mol. The molecular weight excluding hydrogens is 354 g/mol. The lowest BCUT2D eigenvalue weighted by molar-refractivity contribution is -0.121. The topological polar surface area (TPSA) is 78.8 Å². The van der Waals surface area contributed by atoms with E-state index in [0.717, 1.165) is 18.6 Å². The van der Waals surface area contributed by atoms with Gasteiger partial charge in [-0.25, -0.2) is 5.43 Å². The first-order valence-corrected chi connectivity index (χ1v) is 10.1. The predicted octanol–water partition coefficient (Wildman–Crippen LogP) is 3.38. The SMILES string of the molecule is CC1(C)[C@H]2CC[C@@]1(C)/C(=N/NC(=O)CCCN1C(=O)c3ccccc3C1=O)C2. The Morgan fingerprint density at radius 1 is 1.18 bits per heavy atom. The number of carbonyl (C=O) groups is 3. The van der Waals surface area contributed by atoms with Crippen molar-refractivity contribution in [3.8, 4) is 0 Å². The zero-order valence-corrected chi connectivity index (χ0v) is 16.7. The van der Waals surface area contributed by atoms with Crippen LogP contribution in [0.1, 0.15) is 73.6 Å². The molecule has 1 N–H and O–H groups in total. The molecule has 2 aliphatic carbocycles. The van der Waals surface area contributed by atoms with Gasteiger partial charge in [-0.2, -0.15) is 5.10 Å².